The van der Waals surface area contributed by atoms with Crippen LogP contribution in [0.5, 0.6) is 5.75 Å². The number of rotatable bonds is 2. The van der Waals surface area contributed by atoms with Crippen LogP contribution in [-0.4, -0.2) is 16.7 Å². The zero-order valence-corrected chi connectivity index (χ0v) is 11.0. The highest BCUT2D eigenvalue weighted by Gasteiger charge is 2.10. The third kappa shape index (κ3) is 1.92. The Morgan fingerprint density at radius 3 is 2.79 bits per heavy atom. The number of aromatic amines is 1. The Morgan fingerprint density at radius 2 is 2.00 bits per heavy atom. The zero-order valence-electron chi connectivity index (χ0n) is 10.2. The molecule has 0 aliphatic heterocycles. The van der Waals surface area contributed by atoms with Gasteiger partial charge in [0.25, 0.3) is 0 Å². The molecule has 1 aromatic heterocycles. The van der Waals surface area contributed by atoms with Crippen LogP contribution in [0.15, 0.2) is 42.5 Å². The minimum atomic E-state index is -0.315. The average molecular weight is 274 g/mol. The van der Waals surface area contributed by atoms with E-state index in [0.717, 1.165) is 11.4 Å². The number of nitrogens with zero attached hydrogens (tertiary/aromatic N) is 1. The molecule has 1 N–H and O–H groups in total. The van der Waals surface area contributed by atoms with Gasteiger partial charge in [0.15, 0.2) is 4.77 Å². The van der Waals surface area contributed by atoms with Crippen LogP contribution in [0.4, 0.5) is 4.39 Å². The van der Waals surface area contributed by atoms with Gasteiger partial charge >= 0.3 is 0 Å². The second kappa shape index (κ2) is 4.51. The molecule has 0 bridgehead atoms. The molecule has 0 atom stereocenters. The van der Waals surface area contributed by atoms with Crippen molar-refractivity contribution < 1.29 is 9.13 Å². The summed E-state index contributed by atoms with van der Waals surface area (Å²) in [6.45, 7) is 0. The number of nitrogens with one attached hydrogen (secondary N) is 1. The van der Waals surface area contributed by atoms with Crippen LogP contribution in [0.1, 0.15) is 0 Å². The van der Waals surface area contributed by atoms with Gasteiger partial charge in [-0.3, -0.25) is 4.57 Å². The quantitative estimate of drug-likeness (QED) is 0.720. The largest absolute Gasteiger partial charge is 0.497 e. The van der Waals surface area contributed by atoms with Crippen molar-refractivity contribution in [3.63, 3.8) is 0 Å². The first kappa shape index (κ1) is 11.9. The molecule has 0 saturated heterocycles. The van der Waals surface area contributed by atoms with Crippen molar-refractivity contribution in [2.45, 2.75) is 0 Å². The fourth-order valence-corrected chi connectivity index (χ4v) is 2.41. The maximum absolute atomic E-state index is 13.7. The molecule has 0 saturated carbocycles. The molecule has 0 fully saturated rings. The summed E-state index contributed by atoms with van der Waals surface area (Å²) in [6, 6.07) is 12.4. The number of H-pyrrole nitrogens is 1. The number of benzene rings is 2. The lowest BCUT2D eigenvalue weighted by atomic mass is 10.2. The lowest BCUT2D eigenvalue weighted by Gasteiger charge is -2.06. The lowest BCUT2D eigenvalue weighted by molar-refractivity contribution is 0.414. The minimum Gasteiger partial charge on any atom is -0.497 e. The van der Waals surface area contributed by atoms with Crippen molar-refractivity contribution in [2.75, 3.05) is 7.11 Å². The third-order valence-electron chi connectivity index (χ3n) is 2.98. The van der Waals surface area contributed by atoms with E-state index in [1.807, 2.05) is 30.3 Å². The van der Waals surface area contributed by atoms with E-state index >= 15 is 0 Å². The van der Waals surface area contributed by atoms with Gasteiger partial charge in [-0.1, -0.05) is 12.1 Å². The van der Waals surface area contributed by atoms with Gasteiger partial charge in [0, 0.05) is 6.07 Å². The van der Waals surface area contributed by atoms with Gasteiger partial charge in [0.2, 0.25) is 0 Å². The molecular formula is C14H11FN2OS. The fraction of sp³-hybridized carbons (Fsp3) is 0.0714. The highest BCUT2D eigenvalue weighted by Crippen LogP contribution is 2.23. The van der Waals surface area contributed by atoms with E-state index in [9.17, 15) is 4.39 Å². The number of halogens is 1. The van der Waals surface area contributed by atoms with Crippen molar-refractivity contribution in [3.8, 4) is 11.4 Å². The monoisotopic (exact) mass is 274 g/mol. The third-order valence-corrected chi connectivity index (χ3v) is 3.26. The number of methoxy groups -OCH3 is 1. The Morgan fingerprint density at radius 1 is 1.21 bits per heavy atom. The van der Waals surface area contributed by atoms with Crippen LogP contribution in [0.2, 0.25) is 0 Å². The van der Waals surface area contributed by atoms with E-state index < -0.39 is 0 Å². The Labute approximate surface area is 114 Å². The summed E-state index contributed by atoms with van der Waals surface area (Å²) < 4.78 is 21.2. The smallest absolute Gasteiger partial charge is 0.182 e. The van der Waals surface area contributed by atoms with Crippen LogP contribution in [0.3, 0.4) is 0 Å². The van der Waals surface area contributed by atoms with E-state index in [1.165, 1.54) is 6.07 Å². The Balaban J connectivity index is 2.33. The maximum atomic E-state index is 13.7. The Bertz CT molecular complexity index is 807. The maximum Gasteiger partial charge on any atom is 0.182 e. The Hall–Kier alpha value is -2.14. The fourth-order valence-electron chi connectivity index (χ4n) is 2.10. The first-order chi connectivity index (χ1) is 9.20. The highest BCUT2D eigenvalue weighted by atomic mass is 32.1. The van der Waals surface area contributed by atoms with Crippen molar-refractivity contribution in [1.82, 2.24) is 9.55 Å². The summed E-state index contributed by atoms with van der Waals surface area (Å²) >= 11 is 5.27. The van der Waals surface area contributed by atoms with Gasteiger partial charge in [-0.05, 0) is 36.5 Å². The molecule has 0 radical (unpaired) electrons. The summed E-state index contributed by atoms with van der Waals surface area (Å²) in [6.07, 6.45) is 0. The molecule has 3 nitrogen and oxygen atoms in total. The molecule has 19 heavy (non-hydrogen) atoms. The number of fused-ring (bicyclic) bond motifs is 1. The second-order valence-electron chi connectivity index (χ2n) is 4.10. The van der Waals surface area contributed by atoms with E-state index in [2.05, 4.69) is 4.98 Å². The molecule has 0 aliphatic rings. The average Bonchev–Trinajstić information content (AvgIpc) is 2.77. The first-order valence-electron chi connectivity index (χ1n) is 5.74. The molecule has 3 rings (SSSR count). The van der Waals surface area contributed by atoms with Gasteiger partial charge < -0.3 is 9.72 Å². The molecule has 3 aromatic rings. The van der Waals surface area contributed by atoms with Crippen LogP contribution in [0, 0.1) is 10.6 Å². The first-order valence-corrected chi connectivity index (χ1v) is 6.15. The van der Waals surface area contributed by atoms with Gasteiger partial charge in [-0.25, -0.2) is 4.39 Å². The minimum absolute atomic E-state index is 0.315. The van der Waals surface area contributed by atoms with Gasteiger partial charge in [-0.15, -0.1) is 0 Å². The van der Waals surface area contributed by atoms with E-state index in [1.54, 1.807) is 17.7 Å². The summed E-state index contributed by atoms with van der Waals surface area (Å²) in [5.41, 5.74) is 1.95. The van der Waals surface area contributed by atoms with Crippen LogP contribution < -0.4 is 4.74 Å². The van der Waals surface area contributed by atoms with E-state index in [4.69, 9.17) is 17.0 Å². The number of imidazole rings is 1. The molecule has 0 unspecified atom stereocenters. The van der Waals surface area contributed by atoms with Crippen molar-refractivity contribution >= 4 is 23.3 Å². The summed E-state index contributed by atoms with van der Waals surface area (Å²) in [5, 5.41) is 0. The predicted octanol–water partition coefficient (Wildman–Crippen LogP) is 3.84. The second-order valence-corrected chi connectivity index (χ2v) is 4.49. The zero-order chi connectivity index (χ0) is 13.4. The number of ether oxygens (including phenoxy) is 1. The van der Waals surface area contributed by atoms with E-state index in [-0.39, 0.29) is 5.82 Å². The lowest BCUT2D eigenvalue weighted by Crippen LogP contribution is -1.94. The molecular weight excluding hydrogens is 263 g/mol. The molecule has 0 amide bonds. The topological polar surface area (TPSA) is 29.9 Å². The highest BCUT2D eigenvalue weighted by molar-refractivity contribution is 7.71. The molecule has 96 valence electrons. The Kier molecular flexibility index (Phi) is 2.83. The van der Waals surface area contributed by atoms with E-state index in [0.29, 0.717) is 15.8 Å². The predicted molar refractivity (Wildman–Crippen MR) is 75.0 cm³/mol. The van der Waals surface area contributed by atoms with Gasteiger partial charge in [-0.2, -0.15) is 0 Å². The molecule has 5 heteroatoms. The molecule has 1 heterocycles. The van der Waals surface area contributed by atoms with Crippen molar-refractivity contribution in [2.24, 2.45) is 0 Å². The molecule has 0 spiro atoms. The molecule has 2 aromatic carbocycles. The van der Waals surface area contributed by atoms with Crippen LogP contribution >= 0.6 is 12.2 Å². The summed E-state index contributed by atoms with van der Waals surface area (Å²) in [5.74, 6) is 0.412. The van der Waals surface area contributed by atoms with Crippen molar-refractivity contribution in [1.29, 1.82) is 0 Å². The summed E-state index contributed by atoms with van der Waals surface area (Å²) in [7, 11) is 1.60. The van der Waals surface area contributed by atoms with Gasteiger partial charge in [0.1, 0.15) is 17.1 Å². The van der Waals surface area contributed by atoms with Crippen LogP contribution in [0.25, 0.3) is 16.7 Å². The number of para-hydroxylation sites is 1. The van der Waals surface area contributed by atoms with Gasteiger partial charge in [0.05, 0.1) is 18.3 Å². The van der Waals surface area contributed by atoms with Crippen molar-refractivity contribution in [3.05, 3.63) is 53.1 Å². The standard InChI is InChI=1S/C14H11FN2OS/c1-18-10-5-2-4-9(8-10)17-12-7-3-6-11(15)13(12)16-14(17)19/h2-8H,1H3,(H,16,19). The summed E-state index contributed by atoms with van der Waals surface area (Å²) in [4.78, 5) is 2.89. The number of hydrogen-bond acceptors (Lipinski definition) is 2. The number of hydrogen-bond donors (Lipinski definition) is 1. The number of aromatic nitrogens is 2. The normalized spacial score (nSPS) is 10.8. The molecule has 0 aliphatic carbocycles. The van der Waals surface area contributed by atoms with Crippen LogP contribution in [-0.2, 0) is 0 Å². The SMILES string of the molecule is COc1cccc(-n2c(=S)[nH]c3c(F)cccc32)c1.